The minimum atomic E-state index is 0.189. The van der Waals surface area contributed by atoms with E-state index < -0.39 is 0 Å². The van der Waals surface area contributed by atoms with E-state index in [0.29, 0.717) is 12.3 Å². The number of aryl methyl sites for hydroxylation is 1. The van der Waals surface area contributed by atoms with E-state index in [9.17, 15) is 4.79 Å². The zero-order chi connectivity index (χ0) is 14.8. The highest BCUT2D eigenvalue weighted by Gasteiger charge is 2.22. The third kappa shape index (κ3) is 2.81. The smallest absolute Gasteiger partial charge is 0.227 e. The fraction of sp³-hybridized carbons (Fsp3) is 0.471. The first kappa shape index (κ1) is 14.1. The zero-order valence-corrected chi connectivity index (χ0v) is 12.4. The average Bonchev–Trinajstić information content (AvgIpc) is 2.92. The lowest BCUT2D eigenvalue weighted by Gasteiger charge is -2.31. The van der Waals surface area contributed by atoms with Crippen LogP contribution in [0.2, 0.25) is 0 Å². The minimum Gasteiger partial charge on any atom is -0.396 e. The molecule has 1 aliphatic heterocycles. The van der Waals surface area contributed by atoms with Crippen molar-refractivity contribution < 1.29 is 9.90 Å². The molecule has 0 spiro atoms. The Morgan fingerprint density at radius 2 is 2.14 bits per heavy atom. The van der Waals surface area contributed by atoms with Crippen LogP contribution in [0.1, 0.15) is 24.0 Å². The van der Waals surface area contributed by atoms with Crippen molar-refractivity contribution in [3.05, 3.63) is 35.5 Å². The first-order valence-corrected chi connectivity index (χ1v) is 7.63. The van der Waals surface area contributed by atoms with Gasteiger partial charge in [-0.3, -0.25) is 4.79 Å². The molecule has 2 aromatic rings. The number of rotatable bonds is 3. The summed E-state index contributed by atoms with van der Waals surface area (Å²) in [5.41, 5.74) is 3.40. The van der Waals surface area contributed by atoms with Crippen molar-refractivity contribution in [3.8, 4) is 0 Å². The summed E-state index contributed by atoms with van der Waals surface area (Å²) in [7, 11) is 0. The Morgan fingerprint density at radius 3 is 2.86 bits per heavy atom. The van der Waals surface area contributed by atoms with Crippen LogP contribution in [0.5, 0.6) is 0 Å². The summed E-state index contributed by atoms with van der Waals surface area (Å²) < 4.78 is 0. The number of likely N-dealkylation sites (tertiary alicyclic amines) is 1. The van der Waals surface area contributed by atoms with Crippen LogP contribution < -0.4 is 0 Å². The number of aliphatic hydroxyl groups excluding tert-OH is 1. The Hall–Kier alpha value is -1.81. The Kier molecular flexibility index (Phi) is 3.97. The molecule has 2 N–H and O–H groups in total. The topological polar surface area (TPSA) is 56.3 Å². The number of carbonyl (C=O) groups excluding carboxylic acids is 1. The number of hydrogen-bond donors (Lipinski definition) is 2. The van der Waals surface area contributed by atoms with Crippen LogP contribution in [0, 0.1) is 12.8 Å². The number of aromatic nitrogens is 1. The molecule has 4 nitrogen and oxygen atoms in total. The molecule has 0 unspecified atom stereocenters. The molecule has 1 aromatic carbocycles. The lowest BCUT2D eigenvalue weighted by molar-refractivity contribution is -0.132. The molecule has 112 valence electrons. The number of aromatic amines is 1. The highest BCUT2D eigenvalue weighted by atomic mass is 16.3. The van der Waals surface area contributed by atoms with E-state index in [4.69, 9.17) is 5.11 Å². The quantitative estimate of drug-likeness (QED) is 0.909. The first-order valence-electron chi connectivity index (χ1n) is 7.63. The Bertz CT molecular complexity index is 639. The molecule has 2 heterocycles. The SMILES string of the molecule is Cc1cccc2c(CC(=O)N3CCC(CO)CC3)c[nH]c12. The van der Waals surface area contributed by atoms with Gasteiger partial charge < -0.3 is 15.0 Å². The maximum absolute atomic E-state index is 12.4. The Labute approximate surface area is 124 Å². The fourth-order valence-electron chi connectivity index (χ4n) is 3.15. The van der Waals surface area contributed by atoms with Gasteiger partial charge in [0.15, 0.2) is 0 Å². The molecule has 3 rings (SSSR count). The number of piperidine rings is 1. The summed E-state index contributed by atoms with van der Waals surface area (Å²) in [4.78, 5) is 17.6. The maximum atomic E-state index is 12.4. The molecule has 1 aliphatic rings. The number of H-pyrrole nitrogens is 1. The van der Waals surface area contributed by atoms with E-state index in [1.165, 1.54) is 5.56 Å². The van der Waals surface area contributed by atoms with E-state index in [0.717, 1.165) is 42.4 Å². The molecule has 0 saturated carbocycles. The van der Waals surface area contributed by atoms with Crippen LogP contribution in [0.4, 0.5) is 0 Å². The Balaban J connectivity index is 1.71. The molecule has 4 heteroatoms. The summed E-state index contributed by atoms with van der Waals surface area (Å²) in [5.74, 6) is 0.554. The van der Waals surface area contributed by atoms with Gasteiger partial charge >= 0.3 is 0 Å². The average molecular weight is 286 g/mol. The first-order chi connectivity index (χ1) is 10.2. The van der Waals surface area contributed by atoms with Gasteiger partial charge in [0.1, 0.15) is 0 Å². The van der Waals surface area contributed by atoms with Gasteiger partial charge in [-0.05, 0) is 36.8 Å². The number of fused-ring (bicyclic) bond motifs is 1. The van der Waals surface area contributed by atoms with Crippen molar-refractivity contribution >= 4 is 16.8 Å². The van der Waals surface area contributed by atoms with Gasteiger partial charge in [0.25, 0.3) is 0 Å². The second-order valence-corrected chi connectivity index (χ2v) is 5.99. The lowest BCUT2D eigenvalue weighted by atomic mass is 9.97. The lowest BCUT2D eigenvalue weighted by Crippen LogP contribution is -2.39. The van der Waals surface area contributed by atoms with Gasteiger partial charge in [-0.15, -0.1) is 0 Å². The van der Waals surface area contributed by atoms with Crippen molar-refractivity contribution in [2.75, 3.05) is 19.7 Å². The summed E-state index contributed by atoms with van der Waals surface area (Å²) in [5, 5.41) is 10.3. The van der Waals surface area contributed by atoms with Gasteiger partial charge in [-0.1, -0.05) is 18.2 Å². The highest BCUT2D eigenvalue weighted by Crippen LogP contribution is 2.23. The van der Waals surface area contributed by atoms with Crippen molar-refractivity contribution in [3.63, 3.8) is 0 Å². The normalized spacial score (nSPS) is 16.6. The molecule has 0 aliphatic carbocycles. The number of nitrogens with one attached hydrogen (secondary N) is 1. The van der Waals surface area contributed by atoms with Crippen molar-refractivity contribution in [1.29, 1.82) is 0 Å². The third-order valence-corrected chi connectivity index (χ3v) is 4.58. The van der Waals surface area contributed by atoms with Crippen LogP contribution in [0.15, 0.2) is 24.4 Å². The van der Waals surface area contributed by atoms with Crippen LogP contribution in [0.25, 0.3) is 10.9 Å². The number of hydrogen-bond acceptors (Lipinski definition) is 2. The predicted molar refractivity (Wildman–Crippen MR) is 83.1 cm³/mol. The fourth-order valence-corrected chi connectivity index (χ4v) is 3.15. The third-order valence-electron chi connectivity index (χ3n) is 4.58. The molecule has 0 bridgehead atoms. The monoisotopic (exact) mass is 286 g/mol. The standard InChI is InChI=1S/C17H22N2O2/c1-12-3-2-4-15-14(10-18-17(12)15)9-16(21)19-7-5-13(11-20)6-8-19/h2-4,10,13,18,20H,5-9,11H2,1H3. The van der Waals surface area contributed by atoms with E-state index in [1.807, 2.05) is 17.2 Å². The number of benzene rings is 1. The van der Waals surface area contributed by atoms with E-state index in [1.54, 1.807) is 0 Å². The summed E-state index contributed by atoms with van der Waals surface area (Å²) in [6, 6.07) is 6.18. The molecule has 1 amide bonds. The van der Waals surface area contributed by atoms with E-state index >= 15 is 0 Å². The van der Waals surface area contributed by atoms with Crippen LogP contribution in [-0.4, -0.2) is 40.6 Å². The summed E-state index contributed by atoms with van der Waals surface area (Å²) in [6.45, 7) is 3.85. The van der Waals surface area contributed by atoms with Gasteiger partial charge in [-0.25, -0.2) is 0 Å². The van der Waals surface area contributed by atoms with E-state index in [-0.39, 0.29) is 12.5 Å². The zero-order valence-electron chi connectivity index (χ0n) is 12.4. The van der Waals surface area contributed by atoms with Gasteiger partial charge in [0, 0.05) is 36.8 Å². The van der Waals surface area contributed by atoms with Gasteiger partial charge in [0.05, 0.1) is 6.42 Å². The van der Waals surface area contributed by atoms with Crippen LogP contribution in [0.3, 0.4) is 0 Å². The maximum Gasteiger partial charge on any atom is 0.227 e. The second kappa shape index (κ2) is 5.90. The van der Waals surface area contributed by atoms with E-state index in [2.05, 4.69) is 24.0 Å². The largest absolute Gasteiger partial charge is 0.396 e. The number of amides is 1. The van der Waals surface area contributed by atoms with Gasteiger partial charge in [0.2, 0.25) is 5.91 Å². The molecule has 0 radical (unpaired) electrons. The molecular weight excluding hydrogens is 264 g/mol. The minimum absolute atomic E-state index is 0.189. The predicted octanol–water partition coefficient (Wildman–Crippen LogP) is 2.25. The summed E-state index contributed by atoms with van der Waals surface area (Å²) >= 11 is 0. The number of carbonyl (C=O) groups is 1. The second-order valence-electron chi connectivity index (χ2n) is 5.99. The number of para-hydroxylation sites is 1. The molecule has 1 fully saturated rings. The number of nitrogens with zero attached hydrogens (tertiary/aromatic N) is 1. The molecular formula is C17H22N2O2. The van der Waals surface area contributed by atoms with Crippen molar-refractivity contribution in [2.45, 2.75) is 26.2 Å². The van der Waals surface area contributed by atoms with Crippen LogP contribution in [-0.2, 0) is 11.2 Å². The Morgan fingerprint density at radius 1 is 1.38 bits per heavy atom. The molecule has 1 aromatic heterocycles. The van der Waals surface area contributed by atoms with Crippen LogP contribution >= 0.6 is 0 Å². The molecule has 21 heavy (non-hydrogen) atoms. The highest BCUT2D eigenvalue weighted by molar-refractivity contribution is 5.90. The molecule has 0 atom stereocenters. The molecule has 1 saturated heterocycles. The van der Waals surface area contributed by atoms with Crippen molar-refractivity contribution in [1.82, 2.24) is 9.88 Å². The number of aliphatic hydroxyl groups is 1. The van der Waals surface area contributed by atoms with Gasteiger partial charge in [-0.2, -0.15) is 0 Å². The summed E-state index contributed by atoms with van der Waals surface area (Å²) in [6.07, 6.45) is 4.23. The van der Waals surface area contributed by atoms with Crippen molar-refractivity contribution in [2.24, 2.45) is 5.92 Å².